The van der Waals surface area contributed by atoms with Gasteiger partial charge in [-0.15, -0.1) is 0 Å². The molecule has 2 N–H and O–H groups in total. The van der Waals surface area contributed by atoms with Gasteiger partial charge in [-0.1, -0.05) is 11.6 Å². The monoisotopic (exact) mass is 281 g/mol. The van der Waals surface area contributed by atoms with Crippen molar-refractivity contribution in [2.75, 3.05) is 26.3 Å². The van der Waals surface area contributed by atoms with Crippen LogP contribution in [-0.2, 0) is 12.8 Å². The van der Waals surface area contributed by atoms with Gasteiger partial charge in [0.25, 0.3) is 0 Å². The van der Waals surface area contributed by atoms with Gasteiger partial charge in [-0.05, 0) is 55.6 Å². The lowest BCUT2D eigenvalue weighted by Gasteiger charge is -2.36. The highest BCUT2D eigenvalue weighted by Crippen LogP contribution is 2.39. The Balaban J connectivity index is 1.90. The molecular formula is C15H20ClNO2. The van der Waals surface area contributed by atoms with Crippen LogP contribution in [0.4, 0.5) is 0 Å². The van der Waals surface area contributed by atoms with E-state index >= 15 is 0 Å². The molecule has 0 amide bonds. The number of hydrogen-bond acceptors (Lipinski definition) is 3. The summed E-state index contributed by atoms with van der Waals surface area (Å²) in [5.41, 5.74) is 2.36. The Morgan fingerprint density at radius 2 is 2.11 bits per heavy atom. The molecule has 0 unspecified atom stereocenters. The number of fused-ring (bicyclic) bond motifs is 1. The number of nitrogens with one attached hydrogen (secondary N) is 1. The number of piperidine rings is 1. The van der Waals surface area contributed by atoms with E-state index in [2.05, 4.69) is 5.32 Å². The van der Waals surface area contributed by atoms with Gasteiger partial charge in [-0.25, -0.2) is 0 Å². The van der Waals surface area contributed by atoms with Gasteiger partial charge in [0, 0.05) is 23.5 Å². The molecule has 2 aliphatic heterocycles. The lowest BCUT2D eigenvalue weighted by Crippen LogP contribution is -2.40. The lowest BCUT2D eigenvalue weighted by atomic mass is 9.74. The summed E-state index contributed by atoms with van der Waals surface area (Å²) in [6.07, 6.45) is 3.81. The number of rotatable bonds is 3. The second kappa shape index (κ2) is 5.31. The van der Waals surface area contributed by atoms with Crippen molar-refractivity contribution in [2.45, 2.75) is 25.7 Å². The van der Waals surface area contributed by atoms with Crippen LogP contribution in [0.2, 0.25) is 5.02 Å². The highest BCUT2D eigenvalue weighted by Gasteiger charge is 2.33. The van der Waals surface area contributed by atoms with Crippen molar-refractivity contribution in [3.05, 3.63) is 28.3 Å². The molecule has 0 bridgehead atoms. The zero-order chi connectivity index (χ0) is 13.3. The summed E-state index contributed by atoms with van der Waals surface area (Å²) in [6, 6.07) is 4.01. The zero-order valence-electron chi connectivity index (χ0n) is 11.0. The minimum atomic E-state index is -0.0182. The van der Waals surface area contributed by atoms with Crippen LogP contribution in [0, 0.1) is 5.41 Å². The van der Waals surface area contributed by atoms with Gasteiger partial charge < -0.3 is 15.2 Å². The summed E-state index contributed by atoms with van der Waals surface area (Å²) < 4.78 is 5.76. The van der Waals surface area contributed by atoms with Gasteiger partial charge in [-0.3, -0.25) is 0 Å². The number of ether oxygens (including phenoxy) is 1. The van der Waals surface area contributed by atoms with Crippen molar-refractivity contribution in [1.29, 1.82) is 0 Å². The molecule has 1 aromatic carbocycles. The Morgan fingerprint density at radius 1 is 1.32 bits per heavy atom. The smallest absolute Gasteiger partial charge is 0.125 e. The zero-order valence-corrected chi connectivity index (χ0v) is 11.8. The third-order valence-electron chi connectivity index (χ3n) is 4.39. The maximum Gasteiger partial charge on any atom is 0.125 e. The SMILES string of the molecule is OCC1(Cc2cc(Cl)cc3c2OCC3)CCNCC1. The van der Waals surface area contributed by atoms with Gasteiger partial charge in [-0.2, -0.15) is 0 Å². The summed E-state index contributed by atoms with van der Waals surface area (Å²) in [5.74, 6) is 1.01. The first-order valence-electron chi connectivity index (χ1n) is 6.98. The Bertz CT molecular complexity index is 469. The van der Waals surface area contributed by atoms with Crippen LogP contribution in [0.15, 0.2) is 12.1 Å². The summed E-state index contributed by atoms with van der Waals surface area (Å²) in [6.45, 7) is 2.93. The summed E-state index contributed by atoms with van der Waals surface area (Å²) in [4.78, 5) is 0. The maximum atomic E-state index is 9.82. The van der Waals surface area contributed by atoms with Gasteiger partial charge in [0.1, 0.15) is 5.75 Å². The summed E-state index contributed by atoms with van der Waals surface area (Å²) >= 11 is 6.20. The Morgan fingerprint density at radius 3 is 2.84 bits per heavy atom. The van der Waals surface area contributed by atoms with Crippen LogP contribution >= 0.6 is 11.6 Å². The molecule has 104 valence electrons. The van der Waals surface area contributed by atoms with E-state index in [1.807, 2.05) is 12.1 Å². The number of hydrogen-bond donors (Lipinski definition) is 2. The molecule has 0 aliphatic carbocycles. The van der Waals surface area contributed by atoms with Crippen LogP contribution in [0.5, 0.6) is 5.75 Å². The fraction of sp³-hybridized carbons (Fsp3) is 0.600. The van der Waals surface area contributed by atoms with E-state index in [9.17, 15) is 5.11 Å². The van der Waals surface area contributed by atoms with Gasteiger partial charge in [0.05, 0.1) is 6.61 Å². The largest absolute Gasteiger partial charge is 0.493 e. The molecule has 4 heteroatoms. The van der Waals surface area contributed by atoms with Gasteiger partial charge in [0.15, 0.2) is 0 Å². The van der Waals surface area contributed by atoms with Crippen molar-refractivity contribution in [1.82, 2.24) is 5.32 Å². The van der Waals surface area contributed by atoms with E-state index in [4.69, 9.17) is 16.3 Å². The maximum absolute atomic E-state index is 9.82. The Hall–Kier alpha value is -0.770. The summed E-state index contributed by atoms with van der Waals surface area (Å²) in [5, 5.41) is 14.0. The topological polar surface area (TPSA) is 41.5 Å². The minimum Gasteiger partial charge on any atom is -0.493 e. The number of halogens is 1. The molecule has 0 spiro atoms. The minimum absolute atomic E-state index is 0.0182. The van der Waals surface area contributed by atoms with E-state index in [1.165, 1.54) is 5.56 Å². The lowest BCUT2D eigenvalue weighted by molar-refractivity contribution is 0.0886. The van der Waals surface area contributed by atoms with Crippen LogP contribution in [-0.4, -0.2) is 31.4 Å². The van der Waals surface area contributed by atoms with Crippen molar-refractivity contribution >= 4 is 11.6 Å². The molecule has 0 atom stereocenters. The van der Waals surface area contributed by atoms with Gasteiger partial charge in [0.2, 0.25) is 0 Å². The quantitative estimate of drug-likeness (QED) is 0.892. The van der Waals surface area contributed by atoms with Crippen molar-refractivity contribution in [3.8, 4) is 5.75 Å². The first-order valence-corrected chi connectivity index (χ1v) is 7.36. The van der Waals surface area contributed by atoms with E-state index in [0.717, 1.165) is 61.7 Å². The molecule has 1 saturated heterocycles. The van der Waals surface area contributed by atoms with E-state index in [1.54, 1.807) is 0 Å². The van der Waals surface area contributed by atoms with Crippen molar-refractivity contribution in [2.24, 2.45) is 5.41 Å². The first-order chi connectivity index (χ1) is 9.22. The molecule has 3 nitrogen and oxygen atoms in total. The predicted octanol–water partition coefficient (Wildman–Crippen LogP) is 2.18. The number of benzene rings is 1. The van der Waals surface area contributed by atoms with Crippen molar-refractivity contribution < 1.29 is 9.84 Å². The average Bonchev–Trinajstić information content (AvgIpc) is 2.88. The van der Waals surface area contributed by atoms with Crippen LogP contribution in [0.3, 0.4) is 0 Å². The molecule has 1 aromatic rings. The highest BCUT2D eigenvalue weighted by molar-refractivity contribution is 6.30. The second-order valence-electron chi connectivity index (χ2n) is 5.74. The molecule has 19 heavy (non-hydrogen) atoms. The highest BCUT2D eigenvalue weighted by atomic mass is 35.5. The summed E-state index contributed by atoms with van der Waals surface area (Å²) in [7, 11) is 0. The van der Waals surface area contributed by atoms with Crippen molar-refractivity contribution in [3.63, 3.8) is 0 Å². The molecule has 3 rings (SSSR count). The fourth-order valence-electron chi connectivity index (χ4n) is 3.23. The van der Waals surface area contributed by atoms with E-state index in [0.29, 0.717) is 0 Å². The van der Waals surface area contributed by atoms with Gasteiger partial charge >= 0.3 is 0 Å². The third kappa shape index (κ3) is 2.60. The van der Waals surface area contributed by atoms with Crippen LogP contribution < -0.4 is 10.1 Å². The first kappa shape index (κ1) is 13.2. The molecule has 1 fully saturated rings. The molecule has 2 heterocycles. The van der Waals surface area contributed by atoms with Crippen LogP contribution in [0.1, 0.15) is 24.0 Å². The Kier molecular flexibility index (Phi) is 3.70. The number of aliphatic hydroxyl groups is 1. The van der Waals surface area contributed by atoms with Crippen LogP contribution in [0.25, 0.3) is 0 Å². The third-order valence-corrected chi connectivity index (χ3v) is 4.61. The second-order valence-corrected chi connectivity index (χ2v) is 6.17. The average molecular weight is 282 g/mol. The molecular weight excluding hydrogens is 262 g/mol. The number of aliphatic hydroxyl groups excluding tert-OH is 1. The standard InChI is InChI=1S/C15H20ClNO2/c16-13-7-11-1-6-19-14(11)12(8-13)9-15(10-18)2-4-17-5-3-15/h7-8,17-18H,1-6,9-10H2. The normalized spacial score (nSPS) is 20.9. The molecule has 2 aliphatic rings. The van der Waals surface area contributed by atoms with E-state index < -0.39 is 0 Å². The molecule has 0 saturated carbocycles. The fourth-order valence-corrected chi connectivity index (χ4v) is 3.49. The molecule has 0 radical (unpaired) electrons. The van der Waals surface area contributed by atoms with E-state index in [-0.39, 0.29) is 12.0 Å². The molecule has 0 aromatic heterocycles. The predicted molar refractivity (Wildman–Crippen MR) is 76.0 cm³/mol. The Labute approximate surface area is 118 Å².